The SMILES string of the molecule is COc1ccc(N)cc1NC(=O)CCC1CCCCO1. The number of methoxy groups -OCH3 is 1. The third-order valence-electron chi connectivity index (χ3n) is 3.46. The Morgan fingerprint density at radius 1 is 1.50 bits per heavy atom. The monoisotopic (exact) mass is 278 g/mol. The topological polar surface area (TPSA) is 73.6 Å². The fraction of sp³-hybridized carbons (Fsp3) is 0.533. The summed E-state index contributed by atoms with van der Waals surface area (Å²) in [5.41, 5.74) is 6.93. The number of amides is 1. The lowest BCUT2D eigenvalue weighted by molar-refractivity contribution is -0.117. The quantitative estimate of drug-likeness (QED) is 0.812. The maximum Gasteiger partial charge on any atom is 0.224 e. The number of hydrogen-bond donors (Lipinski definition) is 2. The van der Waals surface area contributed by atoms with Gasteiger partial charge in [0.15, 0.2) is 0 Å². The Hall–Kier alpha value is -1.75. The molecule has 1 aromatic rings. The molecule has 1 amide bonds. The fourth-order valence-corrected chi connectivity index (χ4v) is 2.36. The summed E-state index contributed by atoms with van der Waals surface area (Å²) in [5, 5.41) is 2.84. The third-order valence-corrected chi connectivity index (χ3v) is 3.46. The molecule has 1 unspecified atom stereocenters. The molecule has 1 aromatic carbocycles. The number of nitrogens with two attached hydrogens (primary N) is 1. The van der Waals surface area contributed by atoms with Gasteiger partial charge in [0.05, 0.1) is 18.9 Å². The van der Waals surface area contributed by atoms with Gasteiger partial charge in [0.25, 0.3) is 0 Å². The minimum Gasteiger partial charge on any atom is -0.495 e. The summed E-state index contributed by atoms with van der Waals surface area (Å²) in [6, 6.07) is 5.19. The lowest BCUT2D eigenvalue weighted by Crippen LogP contribution is -2.21. The van der Waals surface area contributed by atoms with Crippen molar-refractivity contribution in [2.45, 2.75) is 38.2 Å². The molecule has 5 nitrogen and oxygen atoms in total. The van der Waals surface area contributed by atoms with E-state index in [0.29, 0.717) is 23.5 Å². The van der Waals surface area contributed by atoms with Gasteiger partial charge < -0.3 is 20.5 Å². The molecule has 1 fully saturated rings. The second-order valence-corrected chi connectivity index (χ2v) is 5.04. The van der Waals surface area contributed by atoms with Crippen LogP contribution >= 0.6 is 0 Å². The summed E-state index contributed by atoms with van der Waals surface area (Å²) in [6.07, 6.45) is 4.80. The van der Waals surface area contributed by atoms with Crippen LogP contribution in [0.3, 0.4) is 0 Å². The molecule has 1 aliphatic rings. The molecule has 20 heavy (non-hydrogen) atoms. The zero-order chi connectivity index (χ0) is 14.4. The highest BCUT2D eigenvalue weighted by Crippen LogP contribution is 2.27. The minimum atomic E-state index is -0.0388. The maximum absolute atomic E-state index is 12.0. The van der Waals surface area contributed by atoms with Crippen LogP contribution in [0.15, 0.2) is 18.2 Å². The van der Waals surface area contributed by atoms with Crippen molar-refractivity contribution in [2.75, 3.05) is 24.8 Å². The molecule has 1 saturated heterocycles. The van der Waals surface area contributed by atoms with E-state index in [1.54, 1.807) is 25.3 Å². The Bertz CT molecular complexity index is 456. The average molecular weight is 278 g/mol. The Morgan fingerprint density at radius 2 is 2.35 bits per heavy atom. The predicted molar refractivity (Wildman–Crippen MR) is 78.9 cm³/mol. The first-order valence-electron chi connectivity index (χ1n) is 7.04. The summed E-state index contributed by atoms with van der Waals surface area (Å²) in [5.74, 6) is 0.574. The normalized spacial score (nSPS) is 18.6. The van der Waals surface area contributed by atoms with Crippen LogP contribution < -0.4 is 15.8 Å². The third kappa shape index (κ3) is 4.13. The van der Waals surface area contributed by atoms with E-state index >= 15 is 0 Å². The number of hydrogen-bond acceptors (Lipinski definition) is 4. The second-order valence-electron chi connectivity index (χ2n) is 5.04. The molecule has 0 radical (unpaired) electrons. The Balaban J connectivity index is 1.86. The summed E-state index contributed by atoms with van der Waals surface area (Å²) in [6.45, 7) is 0.815. The molecule has 1 heterocycles. The van der Waals surface area contributed by atoms with Gasteiger partial charge in [-0.1, -0.05) is 0 Å². The van der Waals surface area contributed by atoms with Crippen LogP contribution in [0.5, 0.6) is 5.75 Å². The molecule has 0 spiro atoms. The smallest absolute Gasteiger partial charge is 0.224 e. The summed E-state index contributed by atoms with van der Waals surface area (Å²) in [4.78, 5) is 12.0. The Kier molecular flexibility index (Phi) is 5.24. The van der Waals surface area contributed by atoms with Gasteiger partial charge in [-0.3, -0.25) is 4.79 Å². The average Bonchev–Trinajstić information content (AvgIpc) is 2.46. The molecule has 0 saturated carbocycles. The highest BCUT2D eigenvalue weighted by Gasteiger charge is 2.16. The molecule has 0 aliphatic carbocycles. The van der Waals surface area contributed by atoms with Crippen molar-refractivity contribution in [1.82, 2.24) is 0 Å². The van der Waals surface area contributed by atoms with E-state index < -0.39 is 0 Å². The molecule has 0 aromatic heterocycles. The fourth-order valence-electron chi connectivity index (χ4n) is 2.36. The molecular formula is C15H22N2O3. The van der Waals surface area contributed by atoms with Gasteiger partial charge in [-0.25, -0.2) is 0 Å². The number of carbonyl (C=O) groups is 1. The highest BCUT2D eigenvalue weighted by molar-refractivity contribution is 5.92. The van der Waals surface area contributed by atoms with Gasteiger partial charge in [-0.15, -0.1) is 0 Å². The lowest BCUT2D eigenvalue weighted by atomic mass is 10.0. The lowest BCUT2D eigenvalue weighted by Gasteiger charge is -2.22. The molecule has 110 valence electrons. The standard InChI is InChI=1S/C15H22N2O3/c1-19-14-7-5-11(16)10-13(14)17-15(18)8-6-12-4-2-3-9-20-12/h5,7,10,12H,2-4,6,8-9,16H2,1H3,(H,17,18). The van der Waals surface area contributed by atoms with E-state index in [-0.39, 0.29) is 12.0 Å². The predicted octanol–water partition coefficient (Wildman–Crippen LogP) is 2.57. The van der Waals surface area contributed by atoms with Crippen molar-refractivity contribution < 1.29 is 14.3 Å². The van der Waals surface area contributed by atoms with Crippen molar-refractivity contribution in [3.05, 3.63) is 18.2 Å². The van der Waals surface area contributed by atoms with E-state index in [1.807, 2.05) is 0 Å². The molecule has 0 bridgehead atoms. The number of ether oxygens (including phenoxy) is 2. The van der Waals surface area contributed by atoms with Crippen LogP contribution in [0.25, 0.3) is 0 Å². The second kappa shape index (κ2) is 7.14. The van der Waals surface area contributed by atoms with Crippen LogP contribution in [0.2, 0.25) is 0 Å². The van der Waals surface area contributed by atoms with Gasteiger partial charge in [0, 0.05) is 18.7 Å². The van der Waals surface area contributed by atoms with Crippen LogP contribution in [0, 0.1) is 0 Å². The van der Waals surface area contributed by atoms with Crippen molar-refractivity contribution in [1.29, 1.82) is 0 Å². The highest BCUT2D eigenvalue weighted by atomic mass is 16.5. The van der Waals surface area contributed by atoms with E-state index in [0.717, 1.165) is 25.9 Å². The molecule has 3 N–H and O–H groups in total. The van der Waals surface area contributed by atoms with Gasteiger partial charge in [0.1, 0.15) is 5.75 Å². The van der Waals surface area contributed by atoms with Crippen molar-refractivity contribution in [3.63, 3.8) is 0 Å². The van der Waals surface area contributed by atoms with Crippen LogP contribution in [-0.2, 0) is 9.53 Å². The van der Waals surface area contributed by atoms with Gasteiger partial charge >= 0.3 is 0 Å². The van der Waals surface area contributed by atoms with Gasteiger partial charge in [0.2, 0.25) is 5.91 Å². The van der Waals surface area contributed by atoms with Crippen molar-refractivity contribution in [3.8, 4) is 5.75 Å². The van der Waals surface area contributed by atoms with E-state index in [2.05, 4.69) is 5.32 Å². The number of anilines is 2. The Labute approximate surface area is 119 Å². The zero-order valence-electron chi connectivity index (χ0n) is 11.9. The molecular weight excluding hydrogens is 256 g/mol. The number of nitrogen functional groups attached to an aromatic ring is 1. The van der Waals surface area contributed by atoms with Gasteiger partial charge in [-0.2, -0.15) is 0 Å². The first-order valence-corrected chi connectivity index (χ1v) is 7.04. The summed E-state index contributed by atoms with van der Waals surface area (Å²) in [7, 11) is 1.57. The molecule has 1 atom stereocenters. The first kappa shape index (κ1) is 14.7. The molecule has 1 aliphatic heterocycles. The van der Waals surface area contributed by atoms with Crippen molar-refractivity contribution in [2.24, 2.45) is 0 Å². The largest absolute Gasteiger partial charge is 0.495 e. The molecule has 2 rings (SSSR count). The Morgan fingerprint density at radius 3 is 3.05 bits per heavy atom. The number of carbonyl (C=O) groups excluding carboxylic acids is 1. The number of benzene rings is 1. The van der Waals surface area contributed by atoms with E-state index in [1.165, 1.54) is 6.42 Å². The zero-order valence-corrected chi connectivity index (χ0v) is 11.9. The number of nitrogens with one attached hydrogen (secondary N) is 1. The van der Waals surface area contributed by atoms with E-state index in [9.17, 15) is 4.79 Å². The minimum absolute atomic E-state index is 0.0388. The van der Waals surface area contributed by atoms with Gasteiger partial charge in [-0.05, 0) is 43.9 Å². The van der Waals surface area contributed by atoms with Crippen LogP contribution in [0.1, 0.15) is 32.1 Å². The van der Waals surface area contributed by atoms with E-state index in [4.69, 9.17) is 15.2 Å². The van der Waals surface area contributed by atoms with Crippen LogP contribution in [-0.4, -0.2) is 25.7 Å². The number of rotatable bonds is 5. The molecule has 5 heteroatoms. The summed E-state index contributed by atoms with van der Waals surface area (Å²) < 4.78 is 10.8. The summed E-state index contributed by atoms with van der Waals surface area (Å²) >= 11 is 0. The van der Waals surface area contributed by atoms with Crippen LogP contribution in [0.4, 0.5) is 11.4 Å². The maximum atomic E-state index is 12.0. The first-order chi connectivity index (χ1) is 9.69. The van der Waals surface area contributed by atoms with Crippen molar-refractivity contribution >= 4 is 17.3 Å².